The number of fused-ring (bicyclic) bond motifs is 3. The second-order valence-corrected chi connectivity index (χ2v) is 10.7. The molecule has 2 aliphatic heterocycles. The number of piperidine rings is 1. The topological polar surface area (TPSA) is 151 Å². The predicted octanol–water partition coefficient (Wildman–Crippen LogP) is 3.16. The Morgan fingerprint density at radius 3 is 2.54 bits per heavy atom. The lowest BCUT2D eigenvalue weighted by atomic mass is 9.77. The summed E-state index contributed by atoms with van der Waals surface area (Å²) >= 11 is 0. The number of nitrogen functional groups attached to an aromatic ring is 2. The van der Waals surface area contributed by atoms with E-state index in [0.717, 1.165) is 25.7 Å². The first-order valence-electron chi connectivity index (χ1n) is 13.3. The molecule has 0 bridgehead atoms. The van der Waals surface area contributed by atoms with Crippen molar-refractivity contribution in [3.8, 4) is 6.07 Å². The minimum atomic E-state index is -0.306. The number of carbonyl (C=O) groups excluding carboxylic acids is 2. The quantitative estimate of drug-likeness (QED) is 0.597. The molecule has 4 atom stereocenters. The van der Waals surface area contributed by atoms with Crippen LogP contribution >= 0.6 is 0 Å². The van der Waals surface area contributed by atoms with E-state index in [2.05, 4.69) is 29.9 Å². The van der Waals surface area contributed by atoms with E-state index in [1.165, 1.54) is 0 Å². The molecule has 3 aliphatic rings. The van der Waals surface area contributed by atoms with Gasteiger partial charge in [0.15, 0.2) is 0 Å². The van der Waals surface area contributed by atoms with Crippen LogP contribution in [-0.4, -0.2) is 47.6 Å². The molecule has 1 amide bonds. The van der Waals surface area contributed by atoms with Crippen LogP contribution < -0.4 is 21.3 Å². The zero-order valence-corrected chi connectivity index (χ0v) is 21.8. The summed E-state index contributed by atoms with van der Waals surface area (Å²) in [5, 5.41) is 11.3. The summed E-state index contributed by atoms with van der Waals surface area (Å²) in [5.41, 5.74) is 13.8. The van der Waals surface area contributed by atoms with Gasteiger partial charge in [0.05, 0.1) is 24.3 Å². The van der Waals surface area contributed by atoms with Crippen molar-refractivity contribution in [1.82, 2.24) is 9.97 Å². The average molecular weight is 506 g/mol. The largest absolute Gasteiger partial charge is 0.466 e. The van der Waals surface area contributed by atoms with Crippen molar-refractivity contribution >= 4 is 45.9 Å². The van der Waals surface area contributed by atoms with Crippen LogP contribution in [0.2, 0.25) is 0 Å². The van der Waals surface area contributed by atoms with E-state index in [-0.39, 0.29) is 41.9 Å². The molecule has 2 aromatic rings. The lowest BCUT2D eigenvalue weighted by Gasteiger charge is -2.39. The van der Waals surface area contributed by atoms with E-state index in [1.807, 2.05) is 9.80 Å². The summed E-state index contributed by atoms with van der Waals surface area (Å²) in [6, 6.07) is 2.37. The van der Waals surface area contributed by atoms with Gasteiger partial charge < -0.3 is 21.1 Å². The standard InChI is InChI=1S/C27H35N7O3/c1-4-37-27(36)16-8-6-10-33(13-16)25-18(12-28)21-17-11-20(35)34(19-9-5-7-14(2)15(19)3)26(17)32-24(30)22(21)23(29)31-25/h14-16,19H,4-11,13H2,1-3H3,(H2,29,31)(H2,30,32)/t14-,15+,16+,19-/m1/s1. The van der Waals surface area contributed by atoms with Crippen molar-refractivity contribution in [1.29, 1.82) is 5.26 Å². The van der Waals surface area contributed by atoms with Crippen LogP contribution in [0, 0.1) is 29.1 Å². The van der Waals surface area contributed by atoms with Crippen LogP contribution in [0.25, 0.3) is 10.8 Å². The van der Waals surface area contributed by atoms with Crippen LogP contribution in [0.4, 0.5) is 23.3 Å². The molecule has 196 valence electrons. The molecule has 0 unspecified atom stereocenters. The zero-order chi connectivity index (χ0) is 26.4. The molecule has 0 spiro atoms. The van der Waals surface area contributed by atoms with Gasteiger partial charge in [-0.2, -0.15) is 5.26 Å². The van der Waals surface area contributed by atoms with Crippen molar-refractivity contribution in [3.63, 3.8) is 0 Å². The minimum Gasteiger partial charge on any atom is -0.466 e. The number of hydrogen-bond acceptors (Lipinski definition) is 9. The Morgan fingerprint density at radius 2 is 1.84 bits per heavy atom. The van der Waals surface area contributed by atoms with Gasteiger partial charge in [-0.15, -0.1) is 0 Å². The maximum atomic E-state index is 13.4. The molecule has 10 nitrogen and oxygen atoms in total. The normalized spacial score (nSPS) is 25.7. The van der Waals surface area contributed by atoms with E-state index in [9.17, 15) is 14.9 Å². The van der Waals surface area contributed by atoms with Gasteiger partial charge in [0.2, 0.25) is 5.91 Å². The summed E-state index contributed by atoms with van der Waals surface area (Å²) in [4.78, 5) is 38.9. The maximum absolute atomic E-state index is 13.4. The van der Waals surface area contributed by atoms with E-state index in [1.54, 1.807) is 6.92 Å². The zero-order valence-electron chi connectivity index (χ0n) is 21.8. The number of carbonyl (C=O) groups is 2. The van der Waals surface area contributed by atoms with Crippen LogP contribution in [-0.2, 0) is 20.7 Å². The molecular formula is C27H35N7O3. The van der Waals surface area contributed by atoms with Crippen molar-refractivity contribution in [2.45, 2.75) is 65.3 Å². The monoisotopic (exact) mass is 505 g/mol. The number of nitrogens with two attached hydrogens (primary N) is 2. The summed E-state index contributed by atoms with van der Waals surface area (Å²) in [6.45, 7) is 7.55. The van der Waals surface area contributed by atoms with Crippen LogP contribution in [0.3, 0.4) is 0 Å². The Kier molecular flexibility index (Phi) is 6.56. The number of esters is 1. The number of nitrogens with zero attached hydrogens (tertiary/aromatic N) is 5. The minimum absolute atomic E-state index is 0.0264. The number of rotatable bonds is 4. The highest BCUT2D eigenvalue weighted by Gasteiger charge is 2.42. The number of hydrogen-bond donors (Lipinski definition) is 2. The molecule has 1 aliphatic carbocycles. The summed E-state index contributed by atoms with van der Waals surface area (Å²) in [7, 11) is 0. The van der Waals surface area contributed by atoms with Gasteiger partial charge in [-0.05, 0) is 38.0 Å². The third kappa shape index (κ3) is 4.10. The predicted molar refractivity (Wildman–Crippen MR) is 142 cm³/mol. The molecule has 5 rings (SSSR count). The van der Waals surface area contributed by atoms with E-state index < -0.39 is 0 Å². The highest BCUT2D eigenvalue weighted by atomic mass is 16.5. The second kappa shape index (κ2) is 9.69. The fourth-order valence-corrected chi connectivity index (χ4v) is 6.44. The Balaban J connectivity index is 1.64. The molecule has 4 N–H and O–H groups in total. The molecule has 0 radical (unpaired) electrons. The molecule has 4 heterocycles. The highest BCUT2D eigenvalue weighted by Crippen LogP contribution is 2.45. The van der Waals surface area contributed by atoms with Crippen LogP contribution in [0.5, 0.6) is 0 Å². The maximum Gasteiger partial charge on any atom is 0.310 e. The Morgan fingerprint density at radius 1 is 1.11 bits per heavy atom. The first-order chi connectivity index (χ1) is 17.8. The molecule has 10 heteroatoms. The van der Waals surface area contributed by atoms with Gasteiger partial charge in [0.1, 0.15) is 34.9 Å². The number of pyridine rings is 2. The van der Waals surface area contributed by atoms with Gasteiger partial charge in [0.25, 0.3) is 0 Å². The first kappa shape index (κ1) is 25.1. The smallest absolute Gasteiger partial charge is 0.310 e. The van der Waals surface area contributed by atoms with Gasteiger partial charge in [-0.3, -0.25) is 14.5 Å². The van der Waals surface area contributed by atoms with Crippen molar-refractivity contribution < 1.29 is 14.3 Å². The average Bonchev–Trinajstić information content (AvgIpc) is 3.21. The fraction of sp³-hybridized carbons (Fsp3) is 0.593. The molecule has 2 fully saturated rings. The van der Waals surface area contributed by atoms with E-state index in [4.69, 9.17) is 16.2 Å². The van der Waals surface area contributed by atoms with Crippen LogP contribution in [0.15, 0.2) is 0 Å². The van der Waals surface area contributed by atoms with Gasteiger partial charge in [0, 0.05) is 30.1 Å². The van der Waals surface area contributed by atoms with E-state index >= 15 is 0 Å². The van der Waals surface area contributed by atoms with Crippen molar-refractivity contribution in [3.05, 3.63) is 11.1 Å². The number of anilines is 4. The summed E-state index contributed by atoms with van der Waals surface area (Å²) in [5.74, 6) is 1.54. The number of aromatic nitrogens is 2. The molecule has 1 saturated heterocycles. The van der Waals surface area contributed by atoms with Gasteiger partial charge >= 0.3 is 5.97 Å². The second-order valence-electron chi connectivity index (χ2n) is 10.7. The highest BCUT2D eigenvalue weighted by molar-refractivity contribution is 6.13. The lowest BCUT2D eigenvalue weighted by Crippen LogP contribution is -2.46. The Hall–Kier alpha value is -3.61. The molecule has 37 heavy (non-hydrogen) atoms. The molecule has 1 saturated carbocycles. The number of nitriles is 1. The van der Waals surface area contributed by atoms with Gasteiger partial charge in [-0.25, -0.2) is 9.97 Å². The lowest BCUT2D eigenvalue weighted by molar-refractivity contribution is -0.148. The third-order valence-electron chi connectivity index (χ3n) is 8.53. The molecular weight excluding hydrogens is 470 g/mol. The third-order valence-corrected chi connectivity index (χ3v) is 8.53. The number of amides is 1. The van der Waals surface area contributed by atoms with E-state index in [0.29, 0.717) is 71.5 Å². The fourth-order valence-electron chi connectivity index (χ4n) is 6.44. The summed E-state index contributed by atoms with van der Waals surface area (Å²) in [6.07, 6.45) is 4.72. The van der Waals surface area contributed by atoms with Gasteiger partial charge in [-0.1, -0.05) is 26.7 Å². The Labute approximate surface area is 216 Å². The molecule has 2 aromatic heterocycles. The SMILES string of the molecule is CCOC(=O)[C@H]1CCCN(c2nc(N)c3c(N)nc4c(c3c2C#N)CC(=O)N4[C@@H]2CCC[C@@H](C)[C@@H]2C)C1. The van der Waals surface area contributed by atoms with Crippen molar-refractivity contribution in [2.75, 3.05) is 41.0 Å². The summed E-state index contributed by atoms with van der Waals surface area (Å²) < 4.78 is 5.25. The van der Waals surface area contributed by atoms with Crippen LogP contribution in [0.1, 0.15) is 64.0 Å². The first-order valence-corrected chi connectivity index (χ1v) is 13.3. The van der Waals surface area contributed by atoms with Crippen molar-refractivity contribution in [2.24, 2.45) is 17.8 Å². The molecule has 0 aromatic carbocycles. The number of ether oxygens (including phenoxy) is 1. The Bertz CT molecular complexity index is 1300.